The van der Waals surface area contributed by atoms with Crippen molar-refractivity contribution in [2.45, 2.75) is 74.8 Å². The van der Waals surface area contributed by atoms with Gasteiger partial charge in [0.25, 0.3) is 0 Å². The Morgan fingerprint density at radius 3 is 1.77 bits per heavy atom. The molecule has 0 aliphatic carbocycles. The Hall–Kier alpha value is -1.26. The van der Waals surface area contributed by atoms with Crippen molar-refractivity contribution in [3.63, 3.8) is 0 Å². The van der Waals surface area contributed by atoms with Gasteiger partial charge in [-0.2, -0.15) is 0 Å². The van der Waals surface area contributed by atoms with Crippen LogP contribution in [0.2, 0.25) is 0 Å². The van der Waals surface area contributed by atoms with Crippen LogP contribution in [-0.2, 0) is 9.53 Å². The molecule has 0 radical (unpaired) electrons. The fourth-order valence-corrected chi connectivity index (χ4v) is 0.753. The monoisotopic (exact) mass is 320 g/mol. The number of nitrogens with zero attached hydrogens (tertiary/aromatic N) is 1. The molecule has 0 aliphatic heterocycles. The molecule has 22 heavy (non-hydrogen) atoms. The lowest BCUT2D eigenvalue weighted by Gasteiger charge is -2.23. The highest BCUT2D eigenvalue weighted by atomic mass is 16.6. The molecule has 136 valence electrons. The van der Waals surface area contributed by atoms with Crippen molar-refractivity contribution in [1.82, 2.24) is 10.2 Å². The van der Waals surface area contributed by atoms with Crippen LogP contribution in [-0.4, -0.2) is 43.1 Å². The summed E-state index contributed by atoms with van der Waals surface area (Å²) in [6.45, 7) is 21.0. The van der Waals surface area contributed by atoms with Crippen LogP contribution in [0, 0.1) is 5.92 Å². The van der Waals surface area contributed by atoms with Crippen LogP contribution in [0.3, 0.4) is 0 Å². The molecule has 0 unspecified atom stereocenters. The van der Waals surface area contributed by atoms with Crippen LogP contribution in [0.15, 0.2) is 0 Å². The van der Waals surface area contributed by atoms with Crippen LogP contribution in [0.25, 0.3) is 0 Å². The van der Waals surface area contributed by atoms with Gasteiger partial charge in [-0.1, -0.05) is 41.5 Å². The first kappa shape index (κ1) is 28.8. The van der Waals surface area contributed by atoms with Crippen molar-refractivity contribution in [2.24, 2.45) is 5.92 Å². The number of hydrogen-bond acceptors (Lipinski definition) is 3. The van der Waals surface area contributed by atoms with Crippen molar-refractivity contribution in [3.8, 4) is 0 Å². The largest absolute Gasteiger partial charge is 0.444 e. The summed E-state index contributed by atoms with van der Waals surface area (Å²) in [6.07, 6.45) is 0.458. The van der Waals surface area contributed by atoms with Gasteiger partial charge < -0.3 is 15.0 Å². The molecule has 0 aromatic carbocycles. The molecule has 1 N–H and O–H groups in total. The Bertz CT molecular complexity index is 237. The fourth-order valence-electron chi connectivity index (χ4n) is 0.753. The Morgan fingerprint density at radius 1 is 1.18 bits per heavy atom. The quantitative estimate of drug-likeness (QED) is 0.785. The summed E-state index contributed by atoms with van der Waals surface area (Å²) < 4.78 is 5.08. The van der Waals surface area contributed by atoms with Crippen LogP contribution in [0.5, 0.6) is 0 Å². The van der Waals surface area contributed by atoms with E-state index in [1.807, 2.05) is 55.4 Å². The maximum Gasteiger partial charge on any atom is 0.410 e. The summed E-state index contributed by atoms with van der Waals surface area (Å²) in [5.41, 5.74) is -0.388. The van der Waals surface area contributed by atoms with Gasteiger partial charge in [-0.25, -0.2) is 4.79 Å². The molecule has 0 spiro atoms. The highest BCUT2D eigenvalue weighted by molar-refractivity contribution is 5.67. The molecule has 0 rings (SSSR count). The molecule has 0 saturated heterocycles. The van der Waals surface area contributed by atoms with Crippen LogP contribution in [0.4, 0.5) is 4.79 Å². The molecule has 0 aliphatic rings. The summed E-state index contributed by atoms with van der Waals surface area (Å²) in [5.74, 6) is 0.560. The summed E-state index contributed by atoms with van der Waals surface area (Å²) in [7, 11) is 1.72. The van der Waals surface area contributed by atoms with Gasteiger partial charge in [-0.3, -0.25) is 4.79 Å². The third kappa shape index (κ3) is 31.2. The standard InChI is InChI=1S/C8H17NO2.C5H11NO.2C2H6/c1-6-9(5)7(10)11-8(2,3)4;1-5(2)3-6-4-7;2*1-2/h6H2,1-5H3;4-5H,3H2,1-2H3,(H,6,7);2*1-2H3. The maximum absolute atomic E-state index is 11.1. The number of rotatable bonds is 4. The zero-order valence-corrected chi connectivity index (χ0v) is 16.7. The molecular weight excluding hydrogens is 280 g/mol. The topological polar surface area (TPSA) is 58.6 Å². The summed E-state index contributed by atoms with van der Waals surface area (Å²) >= 11 is 0. The number of nitrogens with one attached hydrogen (secondary N) is 1. The summed E-state index contributed by atoms with van der Waals surface area (Å²) in [6, 6.07) is 0. The van der Waals surface area contributed by atoms with Gasteiger partial charge in [-0.15, -0.1) is 0 Å². The van der Waals surface area contributed by atoms with Gasteiger partial charge in [0.2, 0.25) is 6.41 Å². The van der Waals surface area contributed by atoms with E-state index in [2.05, 4.69) is 19.2 Å². The SMILES string of the molecule is CC.CC.CC(C)CNC=O.CCN(C)C(=O)OC(C)(C)C. The average Bonchev–Trinajstić information content (AvgIpc) is 2.47. The zero-order chi connectivity index (χ0) is 18.8. The molecule has 0 aromatic heterocycles. The van der Waals surface area contributed by atoms with Crippen molar-refractivity contribution >= 4 is 12.5 Å². The minimum Gasteiger partial charge on any atom is -0.444 e. The van der Waals surface area contributed by atoms with E-state index in [0.717, 1.165) is 13.0 Å². The van der Waals surface area contributed by atoms with E-state index >= 15 is 0 Å². The van der Waals surface area contributed by atoms with Crippen molar-refractivity contribution < 1.29 is 14.3 Å². The predicted molar refractivity (Wildman–Crippen MR) is 96.1 cm³/mol. The van der Waals surface area contributed by atoms with Gasteiger partial charge in [0.05, 0.1) is 0 Å². The van der Waals surface area contributed by atoms with Gasteiger partial charge in [-0.05, 0) is 33.6 Å². The van der Waals surface area contributed by atoms with Gasteiger partial charge in [0.15, 0.2) is 0 Å². The second-order valence-electron chi connectivity index (χ2n) is 5.41. The smallest absolute Gasteiger partial charge is 0.410 e. The Kier molecular flexibility index (Phi) is 25.9. The Labute approximate surface area is 138 Å². The first-order valence-corrected chi connectivity index (χ1v) is 8.25. The third-order valence-electron chi connectivity index (χ3n) is 1.79. The van der Waals surface area contributed by atoms with E-state index in [9.17, 15) is 9.59 Å². The highest BCUT2D eigenvalue weighted by Crippen LogP contribution is 2.08. The lowest BCUT2D eigenvalue weighted by atomic mass is 10.2. The number of ether oxygens (including phenoxy) is 1. The number of carbonyl (C=O) groups excluding carboxylic acids is 2. The first-order chi connectivity index (χ1) is 10.1. The normalized spacial score (nSPS) is 8.91. The second-order valence-corrected chi connectivity index (χ2v) is 5.41. The molecule has 2 amide bonds. The van der Waals surface area contributed by atoms with Crippen molar-refractivity contribution in [1.29, 1.82) is 0 Å². The molecule has 0 aromatic rings. The number of hydrogen-bond donors (Lipinski definition) is 1. The molecule has 0 saturated carbocycles. The maximum atomic E-state index is 11.1. The first-order valence-electron chi connectivity index (χ1n) is 8.25. The minimum atomic E-state index is -0.388. The van der Waals surface area contributed by atoms with Crippen LogP contribution >= 0.6 is 0 Å². The number of amides is 2. The van der Waals surface area contributed by atoms with Gasteiger partial charge in [0.1, 0.15) is 5.60 Å². The van der Waals surface area contributed by atoms with Gasteiger partial charge >= 0.3 is 6.09 Å². The van der Waals surface area contributed by atoms with Gasteiger partial charge in [0, 0.05) is 20.1 Å². The number of carbonyl (C=O) groups is 2. The second kappa shape index (κ2) is 19.7. The summed E-state index contributed by atoms with van der Waals surface area (Å²) in [5, 5.41) is 2.57. The molecule has 0 atom stereocenters. The Balaban J connectivity index is -0.000000127. The fraction of sp³-hybridized carbons (Fsp3) is 0.882. The zero-order valence-electron chi connectivity index (χ0n) is 16.7. The Morgan fingerprint density at radius 2 is 1.59 bits per heavy atom. The van der Waals surface area contributed by atoms with Crippen LogP contribution in [0.1, 0.15) is 69.2 Å². The molecule has 0 heterocycles. The van der Waals surface area contributed by atoms with E-state index < -0.39 is 0 Å². The lowest BCUT2D eigenvalue weighted by Crippen LogP contribution is -2.33. The van der Waals surface area contributed by atoms with E-state index in [4.69, 9.17) is 4.74 Å². The van der Waals surface area contributed by atoms with Crippen LogP contribution < -0.4 is 5.32 Å². The summed E-state index contributed by atoms with van der Waals surface area (Å²) in [4.78, 5) is 22.2. The molecule has 5 nitrogen and oxygen atoms in total. The molecule has 0 fully saturated rings. The van der Waals surface area contributed by atoms with E-state index in [1.54, 1.807) is 7.05 Å². The molecular formula is C17H40N2O3. The third-order valence-corrected chi connectivity index (χ3v) is 1.79. The van der Waals surface area contributed by atoms with Crippen molar-refractivity contribution in [2.75, 3.05) is 20.1 Å². The highest BCUT2D eigenvalue weighted by Gasteiger charge is 2.17. The van der Waals surface area contributed by atoms with E-state index in [1.165, 1.54) is 4.90 Å². The average molecular weight is 321 g/mol. The lowest BCUT2D eigenvalue weighted by molar-refractivity contribution is -0.109. The van der Waals surface area contributed by atoms with E-state index in [0.29, 0.717) is 12.5 Å². The van der Waals surface area contributed by atoms with Crippen molar-refractivity contribution in [3.05, 3.63) is 0 Å². The predicted octanol–water partition coefficient (Wildman–Crippen LogP) is 4.31. The van der Waals surface area contributed by atoms with E-state index in [-0.39, 0.29) is 11.7 Å². The minimum absolute atomic E-state index is 0.264. The molecule has 5 heteroatoms. The molecule has 0 bridgehead atoms.